The Kier molecular flexibility index (Phi) is 8.03. The van der Waals surface area contributed by atoms with Gasteiger partial charge in [-0.25, -0.2) is 4.39 Å². The first-order chi connectivity index (χ1) is 20.1. The van der Waals surface area contributed by atoms with E-state index in [4.69, 9.17) is 5.10 Å². The zero-order valence-electron chi connectivity index (χ0n) is 23.2. The molecule has 3 heterocycles. The molecule has 2 aromatic heterocycles. The van der Waals surface area contributed by atoms with Crippen molar-refractivity contribution >= 4 is 29.1 Å². The van der Waals surface area contributed by atoms with Gasteiger partial charge in [-0.05, 0) is 60.5 Å². The van der Waals surface area contributed by atoms with Gasteiger partial charge >= 0.3 is 0 Å². The number of anilines is 2. The summed E-state index contributed by atoms with van der Waals surface area (Å²) in [6.07, 6.45) is 2.06. The average Bonchev–Trinajstić information content (AvgIpc) is 3.63. The lowest BCUT2D eigenvalue weighted by Crippen LogP contribution is -2.38. The molecule has 1 aliphatic rings. The van der Waals surface area contributed by atoms with Crippen LogP contribution in [0.5, 0.6) is 0 Å². The van der Waals surface area contributed by atoms with Crippen molar-refractivity contribution < 1.29 is 23.9 Å². The highest BCUT2D eigenvalue weighted by Gasteiger charge is 2.35. The number of aromatic nitrogens is 3. The Hall–Kier alpha value is -5.03. The third kappa shape index (κ3) is 5.86. The Morgan fingerprint density at radius 1 is 1.19 bits per heavy atom. The normalized spacial score (nSPS) is 15.0. The minimum atomic E-state index is -0.714. The van der Waals surface area contributed by atoms with E-state index in [9.17, 15) is 23.9 Å². The Morgan fingerprint density at radius 3 is 2.71 bits per heavy atom. The second-order valence-electron chi connectivity index (χ2n) is 10.3. The lowest BCUT2D eigenvalue weighted by molar-refractivity contribution is -0.111. The van der Waals surface area contributed by atoms with E-state index in [0.29, 0.717) is 34.6 Å². The Morgan fingerprint density at radius 2 is 2.00 bits per heavy atom. The second-order valence-corrected chi connectivity index (χ2v) is 10.3. The number of rotatable bonds is 8. The number of benzene rings is 2. The van der Waals surface area contributed by atoms with E-state index in [2.05, 4.69) is 22.2 Å². The first kappa shape index (κ1) is 28.5. The standard InChI is InChI=1S/C31H31FN6O4/c1-4-27(40)35-26-14-22(32)11-10-21(26)16-38-29-18(2)15-37(31(42)25-9-6-12-33-25)17-24(29)28(36-38)30(41)34-23-8-5-7-20(13-23)19(3)39/h4-14,18-19,33,39H,1,15-17H2,2-3H3,(H,34,41)(H,35,40). The molecule has 216 valence electrons. The number of hydrogen-bond donors (Lipinski definition) is 4. The van der Waals surface area contributed by atoms with Crippen molar-refractivity contribution in [1.29, 1.82) is 0 Å². The zero-order chi connectivity index (χ0) is 30.0. The SMILES string of the molecule is C=CC(=O)Nc1cc(F)ccc1Cn1nc(C(=O)Nc2cccc(C(C)O)c2)c2c1C(C)CN(C(=O)c1ccc[nH]1)C2. The summed E-state index contributed by atoms with van der Waals surface area (Å²) in [5.74, 6) is -1.89. The number of aromatic amines is 1. The molecule has 4 aromatic rings. The lowest BCUT2D eigenvalue weighted by atomic mass is 9.95. The number of carbonyl (C=O) groups is 3. The van der Waals surface area contributed by atoms with E-state index in [-0.39, 0.29) is 36.3 Å². The topological polar surface area (TPSA) is 132 Å². The van der Waals surface area contributed by atoms with Crippen LogP contribution < -0.4 is 10.6 Å². The van der Waals surface area contributed by atoms with Crippen molar-refractivity contribution in [2.24, 2.45) is 0 Å². The molecule has 0 spiro atoms. The summed E-state index contributed by atoms with van der Waals surface area (Å²) >= 11 is 0. The molecule has 2 aromatic carbocycles. The molecule has 1 aliphatic heterocycles. The third-order valence-corrected chi connectivity index (χ3v) is 7.20. The van der Waals surface area contributed by atoms with Crippen molar-refractivity contribution in [1.82, 2.24) is 19.7 Å². The second kappa shape index (κ2) is 11.8. The molecule has 10 nitrogen and oxygen atoms in total. The molecule has 0 radical (unpaired) electrons. The van der Waals surface area contributed by atoms with Gasteiger partial charge in [-0.15, -0.1) is 0 Å². The van der Waals surface area contributed by atoms with Crippen LogP contribution in [0, 0.1) is 5.82 Å². The van der Waals surface area contributed by atoms with Gasteiger partial charge in [0, 0.05) is 41.3 Å². The number of amides is 3. The maximum atomic E-state index is 14.1. The molecule has 0 bridgehead atoms. The molecule has 4 N–H and O–H groups in total. The van der Waals surface area contributed by atoms with Gasteiger partial charge in [0.2, 0.25) is 5.91 Å². The van der Waals surface area contributed by atoms with Crippen molar-refractivity contribution in [3.63, 3.8) is 0 Å². The van der Waals surface area contributed by atoms with Crippen molar-refractivity contribution in [2.45, 2.75) is 39.0 Å². The van der Waals surface area contributed by atoms with Gasteiger partial charge in [0.1, 0.15) is 11.5 Å². The monoisotopic (exact) mass is 570 g/mol. The van der Waals surface area contributed by atoms with E-state index in [0.717, 1.165) is 11.8 Å². The van der Waals surface area contributed by atoms with Crippen LogP contribution in [-0.2, 0) is 17.9 Å². The maximum Gasteiger partial charge on any atom is 0.276 e. The van der Waals surface area contributed by atoms with Crippen LogP contribution in [0.15, 0.2) is 73.4 Å². The fourth-order valence-corrected chi connectivity index (χ4v) is 5.20. The van der Waals surface area contributed by atoms with Crippen LogP contribution in [-0.4, -0.2) is 49.0 Å². The molecule has 2 unspecified atom stereocenters. The molecule has 0 saturated carbocycles. The van der Waals surface area contributed by atoms with Gasteiger partial charge in [0.25, 0.3) is 11.8 Å². The van der Waals surface area contributed by atoms with E-state index in [1.54, 1.807) is 65.2 Å². The summed E-state index contributed by atoms with van der Waals surface area (Å²) in [4.78, 5) is 43.6. The van der Waals surface area contributed by atoms with Crippen molar-refractivity contribution in [3.8, 4) is 0 Å². The smallest absolute Gasteiger partial charge is 0.276 e. The lowest BCUT2D eigenvalue weighted by Gasteiger charge is -2.32. The van der Waals surface area contributed by atoms with Gasteiger partial charge in [-0.1, -0.05) is 31.7 Å². The Labute approximate surface area is 241 Å². The summed E-state index contributed by atoms with van der Waals surface area (Å²) in [6.45, 7) is 7.71. The molecule has 42 heavy (non-hydrogen) atoms. The highest BCUT2D eigenvalue weighted by molar-refractivity contribution is 6.04. The number of hydrogen-bond acceptors (Lipinski definition) is 5. The van der Waals surface area contributed by atoms with E-state index in [1.165, 1.54) is 12.1 Å². The number of nitrogens with zero attached hydrogens (tertiary/aromatic N) is 3. The highest BCUT2D eigenvalue weighted by atomic mass is 19.1. The molecule has 11 heteroatoms. The van der Waals surface area contributed by atoms with Crippen LogP contribution in [0.3, 0.4) is 0 Å². The van der Waals surface area contributed by atoms with Gasteiger partial charge in [0.15, 0.2) is 5.69 Å². The van der Waals surface area contributed by atoms with E-state index < -0.39 is 23.7 Å². The number of nitrogens with one attached hydrogen (secondary N) is 3. The fraction of sp³-hybridized carbons (Fsp3) is 0.226. The number of halogens is 1. The summed E-state index contributed by atoms with van der Waals surface area (Å²) in [5.41, 5.74) is 3.90. The minimum Gasteiger partial charge on any atom is -0.389 e. The molecule has 2 atom stereocenters. The predicted octanol–water partition coefficient (Wildman–Crippen LogP) is 4.59. The molecular weight excluding hydrogens is 539 g/mol. The van der Waals surface area contributed by atoms with Crippen LogP contribution in [0.1, 0.15) is 69.2 Å². The number of H-pyrrole nitrogens is 1. The predicted molar refractivity (Wildman–Crippen MR) is 156 cm³/mol. The number of carbonyl (C=O) groups excluding carboxylic acids is 3. The molecule has 5 rings (SSSR count). The fourth-order valence-electron chi connectivity index (χ4n) is 5.20. The van der Waals surface area contributed by atoms with Crippen LogP contribution in [0.25, 0.3) is 0 Å². The number of aliphatic hydroxyl groups is 1. The molecular formula is C31H31FN6O4. The minimum absolute atomic E-state index is 0.134. The van der Waals surface area contributed by atoms with Gasteiger partial charge in [0.05, 0.1) is 19.2 Å². The first-order valence-electron chi connectivity index (χ1n) is 13.5. The quantitative estimate of drug-likeness (QED) is 0.230. The van der Waals surface area contributed by atoms with Gasteiger partial charge in [-0.3, -0.25) is 19.1 Å². The van der Waals surface area contributed by atoms with Crippen LogP contribution in [0.4, 0.5) is 15.8 Å². The first-order valence-corrected chi connectivity index (χ1v) is 13.5. The number of fused-ring (bicyclic) bond motifs is 1. The van der Waals surface area contributed by atoms with Crippen molar-refractivity contribution in [3.05, 3.63) is 113 Å². The zero-order valence-corrected chi connectivity index (χ0v) is 23.2. The molecule has 0 aliphatic carbocycles. The Bertz CT molecular complexity index is 1660. The number of aliphatic hydroxyl groups excluding tert-OH is 1. The largest absolute Gasteiger partial charge is 0.389 e. The Balaban J connectivity index is 1.54. The van der Waals surface area contributed by atoms with Crippen LogP contribution in [0.2, 0.25) is 0 Å². The van der Waals surface area contributed by atoms with Gasteiger partial charge < -0.3 is 25.6 Å². The van der Waals surface area contributed by atoms with E-state index in [1.807, 2.05) is 6.92 Å². The maximum absolute atomic E-state index is 14.1. The molecule has 0 saturated heterocycles. The van der Waals surface area contributed by atoms with Gasteiger partial charge in [-0.2, -0.15) is 5.10 Å². The average molecular weight is 571 g/mol. The molecule has 3 amide bonds. The summed E-state index contributed by atoms with van der Waals surface area (Å²) < 4.78 is 15.8. The molecule has 0 fully saturated rings. The van der Waals surface area contributed by atoms with Crippen LogP contribution >= 0.6 is 0 Å². The summed E-state index contributed by atoms with van der Waals surface area (Å²) in [6, 6.07) is 14.4. The summed E-state index contributed by atoms with van der Waals surface area (Å²) in [5, 5.41) is 20.2. The van der Waals surface area contributed by atoms with E-state index >= 15 is 0 Å². The highest BCUT2D eigenvalue weighted by Crippen LogP contribution is 2.33. The van der Waals surface area contributed by atoms with Crippen molar-refractivity contribution in [2.75, 3.05) is 17.2 Å². The summed E-state index contributed by atoms with van der Waals surface area (Å²) in [7, 11) is 0. The third-order valence-electron chi connectivity index (χ3n) is 7.20.